The first-order valence-corrected chi connectivity index (χ1v) is 10.3. The molecule has 154 valence electrons. The minimum Gasteiger partial charge on any atom is -0.390 e. The molecule has 8 N–H and O–H groups in total. The van der Waals surface area contributed by atoms with Crippen molar-refractivity contribution < 1.29 is 33.0 Å². The van der Waals surface area contributed by atoms with E-state index in [1.165, 1.54) is 6.08 Å². The van der Waals surface area contributed by atoms with E-state index >= 15 is 0 Å². The average Bonchev–Trinajstić information content (AvgIpc) is 2.54. The summed E-state index contributed by atoms with van der Waals surface area (Å²) in [7, 11) is -3.36. The Bertz CT molecular complexity index is 707. The first-order chi connectivity index (χ1) is 12.4. The Balaban J connectivity index is 2.88. The minimum absolute atomic E-state index is 0.00389. The van der Waals surface area contributed by atoms with Gasteiger partial charge in [-0.3, -0.25) is 14.4 Å². The van der Waals surface area contributed by atoms with E-state index in [-0.39, 0.29) is 37.1 Å². The summed E-state index contributed by atoms with van der Waals surface area (Å²) in [6.45, 7) is 0.0922. The summed E-state index contributed by atoms with van der Waals surface area (Å²) in [4.78, 5) is 35.5. The number of amides is 3. The molecule has 27 heavy (non-hydrogen) atoms. The van der Waals surface area contributed by atoms with Gasteiger partial charge in [0.2, 0.25) is 17.7 Å². The van der Waals surface area contributed by atoms with Gasteiger partial charge in [-0.2, -0.15) is 0 Å². The van der Waals surface area contributed by atoms with Crippen LogP contribution in [0, 0.1) is 0 Å². The summed E-state index contributed by atoms with van der Waals surface area (Å²) in [6.07, 6.45) is -0.784. The maximum Gasteiger partial charge on any atom is 0.247 e. The predicted octanol–water partition coefficient (Wildman–Crippen LogP) is -3.72. The lowest BCUT2D eigenvalue weighted by molar-refractivity contribution is -0.126. The van der Waals surface area contributed by atoms with Crippen molar-refractivity contribution in [1.29, 1.82) is 0 Å². The van der Waals surface area contributed by atoms with E-state index < -0.39 is 51.9 Å². The molecule has 0 aromatic heterocycles. The summed E-state index contributed by atoms with van der Waals surface area (Å²) in [6, 6.07) is -2.24. The zero-order valence-corrected chi connectivity index (χ0v) is 15.7. The molecule has 1 rings (SSSR count). The van der Waals surface area contributed by atoms with Crippen LogP contribution in [-0.4, -0.2) is 79.2 Å². The molecule has 0 saturated carbocycles. The number of nitrogens with two attached hydrogens (primary N) is 2. The van der Waals surface area contributed by atoms with Gasteiger partial charge in [0.1, 0.15) is 22.0 Å². The average molecular weight is 406 g/mol. The van der Waals surface area contributed by atoms with E-state index in [2.05, 4.69) is 10.6 Å². The number of aliphatic hydroxyl groups excluding tert-OH is 2. The van der Waals surface area contributed by atoms with Crippen LogP contribution < -0.4 is 22.1 Å². The quantitative estimate of drug-likeness (QED) is 0.224. The van der Waals surface area contributed by atoms with E-state index in [1.54, 1.807) is 0 Å². The second-order valence-corrected chi connectivity index (χ2v) is 8.69. The van der Waals surface area contributed by atoms with Gasteiger partial charge in [-0.05, 0) is 6.42 Å². The maximum atomic E-state index is 12.4. The van der Waals surface area contributed by atoms with Crippen molar-refractivity contribution >= 4 is 27.6 Å². The molecule has 0 heterocycles. The number of carbonyl (C=O) groups is 3. The molecule has 0 fully saturated rings. The third-order valence-corrected chi connectivity index (χ3v) is 4.97. The van der Waals surface area contributed by atoms with E-state index in [9.17, 15) is 33.0 Å². The van der Waals surface area contributed by atoms with Crippen LogP contribution in [0.3, 0.4) is 0 Å². The van der Waals surface area contributed by atoms with Crippen molar-refractivity contribution in [2.45, 2.75) is 43.6 Å². The third-order valence-electron chi connectivity index (χ3n) is 3.99. The maximum absolute atomic E-state index is 12.4. The van der Waals surface area contributed by atoms with Gasteiger partial charge in [0.05, 0.1) is 17.9 Å². The standard InChI is InChI=1S/C15H26N4O7S/c1-27(25,26)5-3-9(14(17)23)19-15(24)8-6-10(13(22)11(20)7-8)18-12(21)2-4-16/h6,9-11,13,20,22H,2-5,7,16H2,1H3,(H2,17,23)(H,18,21)(H,19,24). The second kappa shape index (κ2) is 9.78. The Morgan fingerprint density at radius 3 is 2.48 bits per heavy atom. The number of primary amides is 1. The summed E-state index contributed by atoms with van der Waals surface area (Å²) in [5.41, 5.74) is 10.5. The molecule has 4 atom stereocenters. The molecule has 0 aromatic carbocycles. The van der Waals surface area contributed by atoms with Crippen LogP contribution in [0.4, 0.5) is 0 Å². The predicted molar refractivity (Wildman–Crippen MR) is 95.8 cm³/mol. The molecule has 1 aliphatic rings. The highest BCUT2D eigenvalue weighted by Gasteiger charge is 2.34. The van der Waals surface area contributed by atoms with Crippen molar-refractivity contribution in [1.82, 2.24) is 10.6 Å². The van der Waals surface area contributed by atoms with Crippen LogP contribution in [0.5, 0.6) is 0 Å². The molecule has 12 heteroatoms. The van der Waals surface area contributed by atoms with Crippen LogP contribution in [-0.2, 0) is 24.2 Å². The van der Waals surface area contributed by atoms with E-state index in [1.807, 2.05) is 0 Å². The number of nitrogens with one attached hydrogen (secondary N) is 2. The Hall–Kier alpha value is -2.02. The number of rotatable bonds is 9. The van der Waals surface area contributed by atoms with Crippen LogP contribution >= 0.6 is 0 Å². The lowest BCUT2D eigenvalue weighted by Gasteiger charge is -2.31. The van der Waals surface area contributed by atoms with E-state index in [4.69, 9.17) is 11.5 Å². The normalized spacial score (nSPS) is 23.9. The number of hydrogen-bond acceptors (Lipinski definition) is 8. The summed E-state index contributed by atoms with van der Waals surface area (Å²) in [5.74, 6) is -2.47. The molecule has 11 nitrogen and oxygen atoms in total. The molecule has 4 unspecified atom stereocenters. The first kappa shape index (κ1) is 23.0. The lowest BCUT2D eigenvalue weighted by atomic mass is 9.89. The third kappa shape index (κ3) is 7.62. The molecule has 0 saturated heterocycles. The highest BCUT2D eigenvalue weighted by molar-refractivity contribution is 7.90. The van der Waals surface area contributed by atoms with Crippen LogP contribution in [0.15, 0.2) is 11.6 Å². The van der Waals surface area contributed by atoms with E-state index in [0.29, 0.717) is 0 Å². The topological polar surface area (TPSA) is 202 Å². The fourth-order valence-corrected chi connectivity index (χ4v) is 3.19. The molecule has 0 spiro atoms. The smallest absolute Gasteiger partial charge is 0.247 e. The largest absolute Gasteiger partial charge is 0.390 e. The van der Waals surface area contributed by atoms with Gasteiger partial charge < -0.3 is 32.3 Å². The van der Waals surface area contributed by atoms with Gasteiger partial charge >= 0.3 is 0 Å². The molecule has 0 radical (unpaired) electrons. The lowest BCUT2D eigenvalue weighted by Crippen LogP contribution is -2.52. The Labute approximate surface area is 157 Å². The van der Waals surface area contributed by atoms with Gasteiger partial charge in [-0.25, -0.2) is 8.42 Å². The van der Waals surface area contributed by atoms with Gasteiger partial charge in [0.15, 0.2) is 0 Å². The highest BCUT2D eigenvalue weighted by Crippen LogP contribution is 2.20. The van der Waals surface area contributed by atoms with E-state index in [0.717, 1.165) is 6.26 Å². The molecule has 1 aliphatic carbocycles. The zero-order valence-electron chi connectivity index (χ0n) is 14.9. The molecular weight excluding hydrogens is 380 g/mol. The van der Waals surface area contributed by atoms with Crippen molar-refractivity contribution in [3.05, 3.63) is 11.6 Å². The summed E-state index contributed by atoms with van der Waals surface area (Å²) >= 11 is 0. The summed E-state index contributed by atoms with van der Waals surface area (Å²) < 4.78 is 22.5. The van der Waals surface area contributed by atoms with Crippen molar-refractivity contribution in [3.8, 4) is 0 Å². The highest BCUT2D eigenvalue weighted by atomic mass is 32.2. The minimum atomic E-state index is -3.36. The fourth-order valence-electron chi connectivity index (χ4n) is 2.52. The number of hydrogen-bond donors (Lipinski definition) is 6. The Morgan fingerprint density at radius 2 is 1.96 bits per heavy atom. The molecule has 0 bridgehead atoms. The van der Waals surface area contributed by atoms with Gasteiger partial charge in [-0.15, -0.1) is 0 Å². The Morgan fingerprint density at radius 1 is 1.33 bits per heavy atom. The second-order valence-electron chi connectivity index (χ2n) is 6.43. The Kier molecular flexibility index (Phi) is 8.34. The molecule has 0 aromatic rings. The summed E-state index contributed by atoms with van der Waals surface area (Å²) in [5, 5.41) is 24.7. The zero-order chi connectivity index (χ0) is 20.8. The monoisotopic (exact) mass is 406 g/mol. The molecule has 0 aliphatic heterocycles. The first-order valence-electron chi connectivity index (χ1n) is 8.28. The molecule has 3 amide bonds. The fraction of sp³-hybridized carbons (Fsp3) is 0.667. The van der Waals surface area contributed by atoms with Gasteiger partial charge in [-0.1, -0.05) is 6.08 Å². The molecular formula is C15H26N4O7S. The number of carbonyl (C=O) groups excluding carboxylic acids is 3. The van der Waals surface area contributed by atoms with Crippen LogP contribution in [0.25, 0.3) is 0 Å². The van der Waals surface area contributed by atoms with Gasteiger partial charge in [0.25, 0.3) is 0 Å². The van der Waals surface area contributed by atoms with Crippen molar-refractivity contribution in [2.24, 2.45) is 11.5 Å². The number of sulfone groups is 1. The van der Waals surface area contributed by atoms with Gasteiger partial charge in [0, 0.05) is 31.2 Å². The number of aliphatic hydroxyl groups is 2. The van der Waals surface area contributed by atoms with Crippen molar-refractivity contribution in [2.75, 3.05) is 18.6 Å². The van der Waals surface area contributed by atoms with Crippen molar-refractivity contribution in [3.63, 3.8) is 0 Å². The SMILES string of the molecule is CS(=O)(=O)CCC(NC(=O)C1=CC(NC(=O)CCN)C(O)C(O)C1)C(N)=O. The van der Waals surface area contributed by atoms with Crippen LogP contribution in [0.2, 0.25) is 0 Å². The van der Waals surface area contributed by atoms with Crippen LogP contribution in [0.1, 0.15) is 19.3 Å².